The summed E-state index contributed by atoms with van der Waals surface area (Å²) in [5.41, 5.74) is 1.31. The molecule has 1 spiro atoms. The van der Waals surface area contributed by atoms with Crippen LogP contribution in [0.25, 0.3) is 21.0 Å². The maximum atomic E-state index is 11.3. The summed E-state index contributed by atoms with van der Waals surface area (Å²) in [6, 6.07) is 12.2. The molecule has 2 N–H and O–H groups in total. The van der Waals surface area contributed by atoms with Gasteiger partial charge in [-0.1, -0.05) is 12.1 Å². The number of hydrogen-bond donors (Lipinski definition) is 2. The van der Waals surface area contributed by atoms with Gasteiger partial charge >= 0.3 is 12.1 Å². The van der Waals surface area contributed by atoms with Gasteiger partial charge in [0.1, 0.15) is 5.76 Å². The Morgan fingerprint density at radius 3 is 2.59 bits per heavy atom. The minimum Gasteiger partial charge on any atom is -0.475 e. The predicted molar refractivity (Wildman–Crippen MR) is 111 cm³/mol. The zero-order valence-corrected chi connectivity index (χ0v) is 17.6. The van der Waals surface area contributed by atoms with Crippen molar-refractivity contribution in [3.63, 3.8) is 0 Å². The molecule has 170 valence electrons. The van der Waals surface area contributed by atoms with Crippen LogP contribution < -0.4 is 5.32 Å². The smallest absolute Gasteiger partial charge is 0.475 e. The lowest BCUT2D eigenvalue weighted by atomic mass is 9.74. The van der Waals surface area contributed by atoms with E-state index in [1.807, 2.05) is 24.3 Å². The first-order valence-electron chi connectivity index (χ1n) is 9.87. The number of thiazole rings is 1. The van der Waals surface area contributed by atoms with E-state index in [-0.39, 0.29) is 11.3 Å². The van der Waals surface area contributed by atoms with Crippen LogP contribution >= 0.6 is 11.3 Å². The molecule has 2 fully saturated rings. The SMILES string of the molecule is O=C(O)C(F)(F)F.O=C1CCC2(CN1)CN(Cc1ccc(-c3nc4ccccc4s3)o1)C2. The number of aliphatic carboxylic acids is 1. The van der Waals surface area contributed by atoms with E-state index in [9.17, 15) is 18.0 Å². The van der Waals surface area contributed by atoms with Crippen molar-refractivity contribution in [2.45, 2.75) is 25.6 Å². The zero-order valence-electron chi connectivity index (χ0n) is 16.8. The molecule has 0 radical (unpaired) electrons. The number of benzene rings is 1. The van der Waals surface area contributed by atoms with Crippen molar-refractivity contribution in [2.75, 3.05) is 19.6 Å². The van der Waals surface area contributed by atoms with Crippen LogP contribution in [0.2, 0.25) is 0 Å². The molecular weight excluding hydrogens is 447 g/mol. The molecule has 1 aromatic carbocycles. The van der Waals surface area contributed by atoms with Crippen molar-refractivity contribution in [1.82, 2.24) is 15.2 Å². The second-order valence-corrected chi connectivity index (χ2v) is 9.01. The van der Waals surface area contributed by atoms with Crippen LogP contribution in [0.4, 0.5) is 13.2 Å². The molecule has 11 heteroatoms. The van der Waals surface area contributed by atoms with E-state index in [0.29, 0.717) is 6.42 Å². The molecule has 2 aromatic heterocycles. The summed E-state index contributed by atoms with van der Waals surface area (Å²) in [6.07, 6.45) is -3.42. The van der Waals surface area contributed by atoms with E-state index in [1.165, 1.54) is 4.70 Å². The highest BCUT2D eigenvalue weighted by Crippen LogP contribution is 2.38. The number of carbonyl (C=O) groups is 2. The Labute approximate surface area is 184 Å². The van der Waals surface area contributed by atoms with Crippen LogP contribution in [-0.2, 0) is 16.1 Å². The average Bonchev–Trinajstić information content (AvgIpc) is 3.35. The minimum absolute atomic E-state index is 0.190. The van der Waals surface area contributed by atoms with E-state index >= 15 is 0 Å². The first-order chi connectivity index (χ1) is 15.1. The second kappa shape index (κ2) is 8.55. The van der Waals surface area contributed by atoms with Crippen LogP contribution in [0, 0.1) is 5.41 Å². The summed E-state index contributed by atoms with van der Waals surface area (Å²) in [4.78, 5) is 27.3. The Morgan fingerprint density at radius 2 is 1.97 bits per heavy atom. The van der Waals surface area contributed by atoms with E-state index in [4.69, 9.17) is 14.3 Å². The van der Waals surface area contributed by atoms with Crippen LogP contribution in [-0.4, -0.2) is 52.7 Å². The molecule has 0 unspecified atom stereocenters. The monoisotopic (exact) mass is 467 g/mol. The van der Waals surface area contributed by atoms with Gasteiger partial charge < -0.3 is 14.8 Å². The highest BCUT2D eigenvalue weighted by Gasteiger charge is 2.45. The Bertz CT molecular complexity index is 1090. The maximum Gasteiger partial charge on any atom is 0.490 e. The minimum atomic E-state index is -5.08. The number of piperidine rings is 1. The van der Waals surface area contributed by atoms with Crippen LogP contribution in [0.15, 0.2) is 40.8 Å². The summed E-state index contributed by atoms with van der Waals surface area (Å²) in [6.45, 7) is 3.70. The molecular formula is C21H20F3N3O4S. The normalized spacial score (nSPS) is 18.0. The standard InChI is InChI=1S/C19H19N3O2S.C2HF3O2/c23-17-7-8-19(10-20-17)11-22(12-19)9-13-5-6-15(24-13)18-21-14-3-1-2-4-16(14)25-18;3-2(4,5)1(6)7/h1-6H,7-12H2,(H,20,23);(H,6,7). The molecule has 32 heavy (non-hydrogen) atoms. The van der Waals surface area contributed by atoms with Crippen molar-refractivity contribution in [1.29, 1.82) is 0 Å². The number of rotatable bonds is 3. The van der Waals surface area contributed by atoms with Gasteiger partial charge in [-0.25, -0.2) is 9.78 Å². The van der Waals surface area contributed by atoms with Gasteiger partial charge in [-0.15, -0.1) is 11.3 Å². The lowest BCUT2D eigenvalue weighted by molar-refractivity contribution is -0.192. The number of carboxylic acid groups (broad SMARTS) is 1. The molecule has 7 nitrogen and oxygen atoms in total. The van der Waals surface area contributed by atoms with Crippen molar-refractivity contribution >= 4 is 33.4 Å². The fourth-order valence-corrected chi connectivity index (χ4v) is 4.83. The fourth-order valence-electron chi connectivity index (χ4n) is 3.90. The van der Waals surface area contributed by atoms with Crippen LogP contribution in [0.1, 0.15) is 18.6 Å². The number of fused-ring (bicyclic) bond motifs is 1. The number of amides is 1. The topological polar surface area (TPSA) is 95.7 Å². The van der Waals surface area contributed by atoms with Crippen molar-refractivity contribution in [3.8, 4) is 10.8 Å². The third-order valence-corrected chi connectivity index (χ3v) is 6.50. The number of nitrogens with zero attached hydrogens (tertiary/aromatic N) is 2. The molecule has 3 aromatic rings. The van der Waals surface area contributed by atoms with E-state index in [0.717, 1.165) is 54.6 Å². The number of aromatic nitrogens is 1. The fraction of sp³-hybridized carbons (Fsp3) is 0.381. The Kier molecular flexibility index (Phi) is 5.95. The first kappa shape index (κ1) is 22.3. The van der Waals surface area contributed by atoms with E-state index in [1.54, 1.807) is 11.3 Å². The largest absolute Gasteiger partial charge is 0.490 e. The number of furan rings is 1. The van der Waals surface area contributed by atoms with Gasteiger partial charge in [0.15, 0.2) is 10.8 Å². The van der Waals surface area contributed by atoms with Gasteiger partial charge in [-0.2, -0.15) is 13.2 Å². The highest BCUT2D eigenvalue weighted by atomic mass is 32.1. The van der Waals surface area contributed by atoms with Crippen LogP contribution in [0.5, 0.6) is 0 Å². The lowest BCUT2D eigenvalue weighted by Crippen LogP contribution is -2.62. The number of para-hydroxylation sites is 1. The number of carbonyl (C=O) groups excluding carboxylic acids is 1. The van der Waals surface area contributed by atoms with Crippen molar-refractivity contribution in [2.24, 2.45) is 5.41 Å². The molecule has 1 amide bonds. The summed E-state index contributed by atoms with van der Waals surface area (Å²) in [5, 5.41) is 11.1. The van der Waals surface area contributed by atoms with Crippen molar-refractivity contribution in [3.05, 3.63) is 42.2 Å². The molecule has 0 atom stereocenters. The number of alkyl halides is 3. The maximum absolute atomic E-state index is 11.3. The Balaban J connectivity index is 0.000000307. The molecule has 4 heterocycles. The van der Waals surface area contributed by atoms with E-state index < -0.39 is 12.1 Å². The van der Waals surface area contributed by atoms with Crippen molar-refractivity contribution < 1.29 is 32.3 Å². The molecule has 2 aliphatic heterocycles. The number of carboxylic acids is 1. The number of nitrogens with one attached hydrogen (secondary N) is 1. The second-order valence-electron chi connectivity index (χ2n) is 7.98. The van der Waals surface area contributed by atoms with Gasteiger partial charge in [0.25, 0.3) is 0 Å². The third kappa shape index (κ3) is 4.94. The number of hydrogen-bond acceptors (Lipinski definition) is 6. The lowest BCUT2D eigenvalue weighted by Gasteiger charge is -2.51. The van der Waals surface area contributed by atoms with Gasteiger partial charge in [0.2, 0.25) is 5.91 Å². The summed E-state index contributed by atoms with van der Waals surface area (Å²) in [7, 11) is 0. The molecule has 0 bridgehead atoms. The molecule has 0 saturated carbocycles. The first-order valence-corrected chi connectivity index (χ1v) is 10.7. The summed E-state index contributed by atoms with van der Waals surface area (Å²) in [5.74, 6) is -0.747. The van der Waals surface area contributed by atoms with Gasteiger partial charge in [0.05, 0.1) is 16.8 Å². The Hall–Kier alpha value is -2.92. The number of halogens is 3. The van der Waals surface area contributed by atoms with Crippen LogP contribution in [0.3, 0.4) is 0 Å². The average molecular weight is 467 g/mol. The molecule has 0 aliphatic carbocycles. The van der Waals surface area contributed by atoms with Gasteiger partial charge in [-0.3, -0.25) is 9.69 Å². The highest BCUT2D eigenvalue weighted by molar-refractivity contribution is 7.21. The summed E-state index contributed by atoms with van der Waals surface area (Å²) >= 11 is 1.66. The Morgan fingerprint density at radius 1 is 1.25 bits per heavy atom. The predicted octanol–water partition coefficient (Wildman–Crippen LogP) is 3.90. The van der Waals surface area contributed by atoms with Gasteiger partial charge in [-0.05, 0) is 30.7 Å². The molecule has 2 saturated heterocycles. The quantitative estimate of drug-likeness (QED) is 0.607. The zero-order chi connectivity index (χ0) is 22.9. The molecule has 5 rings (SSSR count). The van der Waals surface area contributed by atoms with Gasteiger partial charge in [0, 0.05) is 31.5 Å². The third-order valence-electron chi connectivity index (χ3n) is 5.45. The summed E-state index contributed by atoms with van der Waals surface area (Å²) < 4.78 is 39.0. The molecule has 2 aliphatic rings. The van der Waals surface area contributed by atoms with E-state index in [2.05, 4.69) is 27.3 Å². The number of likely N-dealkylation sites (tertiary alicyclic amines) is 1.